The van der Waals surface area contributed by atoms with Gasteiger partial charge in [-0.15, -0.1) is 0 Å². The molecule has 0 bridgehead atoms. The topological polar surface area (TPSA) is 77.9 Å². The fourth-order valence-electron chi connectivity index (χ4n) is 4.24. The van der Waals surface area contributed by atoms with Crippen LogP contribution >= 0.6 is 0 Å². The van der Waals surface area contributed by atoms with Gasteiger partial charge in [0.25, 0.3) is 0 Å². The van der Waals surface area contributed by atoms with E-state index in [0.717, 1.165) is 36.9 Å². The van der Waals surface area contributed by atoms with Gasteiger partial charge in [0, 0.05) is 44.9 Å². The van der Waals surface area contributed by atoms with E-state index in [0.29, 0.717) is 19.5 Å². The maximum absolute atomic E-state index is 12.7. The largest absolute Gasteiger partial charge is 0.481 e. The smallest absolute Gasteiger partial charge is 0.308 e. The Bertz CT molecular complexity index is 718. The first-order valence-electron chi connectivity index (χ1n) is 9.81. The molecule has 2 amide bonds. The van der Waals surface area contributed by atoms with Crippen molar-refractivity contribution in [1.82, 2.24) is 9.80 Å². The summed E-state index contributed by atoms with van der Waals surface area (Å²) in [5.74, 6) is -1.57. The molecule has 0 aromatic heterocycles. The number of carboxylic acid groups (broad SMARTS) is 1. The summed E-state index contributed by atoms with van der Waals surface area (Å²) in [4.78, 5) is 40.0. The average molecular weight is 372 g/mol. The van der Waals surface area contributed by atoms with Crippen LogP contribution < -0.4 is 0 Å². The van der Waals surface area contributed by atoms with Gasteiger partial charge in [-0.1, -0.05) is 30.7 Å². The van der Waals surface area contributed by atoms with E-state index >= 15 is 0 Å². The minimum atomic E-state index is -0.860. The van der Waals surface area contributed by atoms with Gasteiger partial charge in [-0.2, -0.15) is 0 Å². The Morgan fingerprint density at radius 1 is 1.15 bits per heavy atom. The summed E-state index contributed by atoms with van der Waals surface area (Å²) in [7, 11) is 0. The number of hydrogen-bond acceptors (Lipinski definition) is 3. The number of nitrogens with zero attached hydrogens (tertiary/aromatic N) is 2. The molecule has 0 radical (unpaired) electrons. The molecule has 0 saturated carbocycles. The number of carbonyl (C=O) groups is 3. The van der Waals surface area contributed by atoms with Crippen molar-refractivity contribution < 1.29 is 19.5 Å². The number of amides is 2. The van der Waals surface area contributed by atoms with Gasteiger partial charge < -0.3 is 14.9 Å². The van der Waals surface area contributed by atoms with Crippen molar-refractivity contribution in [2.45, 2.75) is 44.9 Å². The molecule has 0 aliphatic carbocycles. The van der Waals surface area contributed by atoms with Crippen LogP contribution in [0.2, 0.25) is 0 Å². The lowest BCUT2D eigenvalue weighted by atomic mass is 9.86. The molecule has 2 heterocycles. The molecular weight excluding hydrogens is 344 g/mol. The molecule has 27 heavy (non-hydrogen) atoms. The SMILES string of the molecule is Cc1ccccc1[C@@H]1CN(C(=O)CCN2CCCCCC2=O)C[C@H]1C(=O)O. The van der Waals surface area contributed by atoms with Crippen LogP contribution in [-0.4, -0.2) is 58.9 Å². The van der Waals surface area contributed by atoms with Gasteiger partial charge in [-0.3, -0.25) is 14.4 Å². The summed E-state index contributed by atoms with van der Waals surface area (Å²) in [6.45, 7) is 3.79. The molecule has 2 fully saturated rings. The number of likely N-dealkylation sites (tertiary alicyclic amines) is 2. The Kier molecular flexibility index (Phi) is 6.14. The van der Waals surface area contributed by atoms with Crippen LogP contribution in [0.3, 0.4) is 0 Å². The van der Waals surface area contributed by atoms with Crippen molar-refractivity contribution in [2.75, 3.05) is 26.2 Å². The van der Waals surface area contributed by atoms with E-state index in [2.05, 4.69) is 0 Å². The van der Waals surface area contributed by atoms with Gasteiger partial charge in [0.05, 0.1) is 5.92 Å². The Morgan fingerprint density at radius 2 is 1.93 bits per heavy atom. The van der Waals surface area contributed by atoms with Gasteiger partial charge in [-0.05, 0) is 30.9 Å². The van der Waals surface area contributed by atoms with Gasteiger partial charge >= 0.3 is 5.97 Å². The second-order valence-electron chi connectivity index (χ2n) is 7.65. The number of benzene rings is 1. The zero-order valence-corrected chi connectivity index (χ0v) is 15.9. The van der Waals surface area contributed by atoms with Crippen LogP contribution in [-0.2, 0) is 14.4 Å². The van der Waals surface area contributed by atoms with Crippen molar-refractivity contribution >= 4 is 17.8 Å². The van der Waals surface area contributed by atoms with Crippen molar-refractivity contribution in [3.63, 3.8) is 0 Å². The van der Waals surface area contributed by atoms with Gasteiger partial charge in [0.2, 0.25) is 11.8 Å². The Hall–Kier alpha value is -2.37. The molecule has 2 aliphatic rings. The van der Waals surface area contributed by atoms with E-state index in [-0.39, 0.29) is 30.7 Å². The third kappa shape index (κ3) is 4.49. The first kappa shape index (κ1) is 19.4. The minimum absolute atomic E-state index is 0.0608. The summed E-state index contributed by atoms with van der Waals surface area (Å²) in [5.41, 5.74) is 2.06. The number of aryl methyl sites for hydroxylation is 1. The molecule has 3 rings (SSSR count). The number of carbonyl (C=O) groups excluding carboxylic acids is 2. The fraction of sp³-hybridized carbons (Fsp3) is 0.571. The van der Waals surface area contributed by atoms with E-state index in [4.69, 9.17) is 0 Å². The molecule has 146 valence electrons. The Morgan fingerprint density at radius 3 is 2.67 bits per heavy atom. The van der Waals surface area contributed by atoms with Gasteiger partial charge in [0.1, 0.15) is 0 Å². The number of aliphatic carboxylic acids is 1. The zero-order valence-electron chi connectivity index (χ0n) is 15.9. The standard InChI is InChI=1S/C21H28N2O4/c1-15-7-4-5-8-16(15)17-13-23(14-18(17)21(26)27)20(25)10-12-22-11-6-2-3-9-19(22)24/h4-5,7-8,17-18H,2-3,6,9-14H2,1H3,(H,26,27)/t17-,18+/m0/s1. The highest BCUT2D eigenvalue weighted by molar-refractivity contribution is 5.81. The molecule has 1 N–H and O–H groups in total. The van der Waals surface area contributed by atoms with E-state index in [1.807, 2.05) is 31.2 Å². The lowest BCUT2D eigenvalue weighted by Gasteiger charge is -2.22. The molecule has 0 unspecified atom stereocenters. The monoisotopic (exact) mass is 372 g/mol. The molecule has 2 atom stereocenters. The predicted molar refractivity (Wildman–Crippen MR) is 101 cm³/mol. The highest BCUT2D eigenvalue weighted by Gasteiger charge is 2.40. The molecule has 6 heteroatoms. The van der Waals surface area contributed by atoms with Crippen LogP contribution in [0.25, 0.3) is 0 Å². The molecule has 1 aromatic rings. The zero-order chi connectivity index (χ0) is 19.4. The lowest BCUT2D eigenvalue weighted by Crippen LogP contribution is -2.36. The summed E-state index contributed by atoms with van der Waals surface area (Å²) < 4.78 is 0. The Balaban J connectivity index is 1.64. The highest BCUT2D eigenvalue weighted by Crippen LogP contribution is 2.34. The molecule has 2 aliphatic heterocycles. The summed E-state index contributed by atoms with van der Waals surface area (Å²) in [6.07, 6.45) is 3.79. The van der Waals surface area contributed by atoms with E-state index < -0.39 is 11.9 Å². The predicted octanol–water partition coefficient (Wildman–Crippen LogP) is 2.41. The van der Waals surface area contributed by atoms with E-state index in [9.17, 15) is 19.5 Å². The third-order valence-electron chi connectivity index (χ3n) is 5.84. The second-order valence-corrected chi connectivity index (χ2v) is 7.65. The quantitative estimate of drug-likeness (QED) is 0.861. The van der Waals surface area contributed by atoms with Crippen LogP contribution in [0, 0.1) is 12.8 Å². The maximum atomic E-state index is 12.7. The number of hydrogen-bond donors (Lipinski definition) is 1. The average Bonchev–Trinajstić information content (AvgIpc) is 2.99. The molecule has 2 saturated heterocycles. The van der Waals surface area contributed by atoms with Crippen LogP contribution in [0.15, 0.2) is 24.3 Å². The van der Waals surface area contributed by atoms with E-state index in [1.165, 1.54) is 0 Å². The number of rotatable bonds is 5. The molecule has 6 nitrogen and oxygen atoms in total. The number of carboxylic acids is 1. The molecule has 0 spiro atoms. The van der Waals surface area contributed by atoms with Crippen molar-refractivity contribution in [3.8, 4) is 0 Å². The summed E-state index contributed by atoms with van der Waals surface area (Å²) in [5, 5.41) is 9.64. The maximum Gasteiger partial charge on any atom is 0.308 e. The third-order valence-corrected chi connectivity index (χ3v) is 5.84. The lowest BCUT2D eigenvalue weighted by molar-refractivity contribution is -0.141. The first-order chi connectivity index (χ1) is 13.0. The summed E-state index contributed by atoms with van der Waals surface area (Å²) >= 11 is 0. The van der Waals surface area contributed by atoms with Crippen LogP contribution in [0.4, 0.5) is 0 Å². The van der Waals surface area contributed by atoms with Crippen LogP contribution in [0.1, 0.15) is 49.1 Å². The van der Waals surface area contributed by atoms with Crippen molar-refractivity contribution in [2.24, 2.45) is 5.92 Å². The normalized spacial score (nSPS) is 23.4. The van der Waals surface area contributed by atoms with Crippen LogP contribution in [0.5, 0.6) is 0 Å². The first-order valence-corrected chi connectivity index (χ1v) is 9.81. The second kappa shape index (κ2) is 8.55. The van der Waals surface area contributed by atoms with E-state index in [1.54, 1.807) is 9.80 Å². The minimum Gasteiger partial charge on any atom is -0.481 e. The summed E-state index contributed by atoms with van der Waals surface area (Å²) in [6, 6.07) is 7.78. The highest BCUT2D eigenvalue weighted by atomic mass is 16.4. The molecule has 1 aromatic carbocycles. The Labute approximate surface area is 160 Å². The van der Waals surface area contributed by atoms with Gasteiger partial charge in [0.15, 0.2) is 0 Å². The van der Waals surface area contributed by atoms with Crippen molar-refractivity contribution in [3.05, 3.63) is 35.4 Å². The van der Waals surface area contributed by atoms with Crippen molar-refractivity contribution in [1.29, 1.82) is 0 Å². The fourth-order valence-corrected chi connectivity index (χ4v) is 4.24. The van der Waals surface area contributed by atoms with Gasteiger partial charge in [-0.25, -0.2) is 0 Å². The molecular formula is C21H28N2O4.